The van der Waals surface area contributed by atoms with Crippen LogP contribution in [-0.4, -0.2) is 19.3 Å². The van der Waals surface area contributed by atoms with Crippen LogP contribution >= 0.6 is 15.9 Å². The summed E-state index contributed by atoms with van der Waals surface area (Å²) < 4.78 is 17.1. The molecule has 0 saturated carbocycles. The first-order chi connectivity index (χ1) is 10.2. The van der Waals surface area contributed by atoms with Crippen molar-refractivity contribution in [2.24, 2.45) is 0 Å². The van der Waals surface area contributed by atoms with Crippen molar-refractivity contribution in [3.8, 4) is 17.2 Å². The minimum absolute atomic E-state index is 0.00849. The van der Waals surface area contributed by atoms with E-state index in [1.807, 2.05) is 36.4 Å². The van der Waals surface area contributed by atoms with E-state index < -0.39 is 0 Å². The van der Waals surface area contributed by atoms with Gasteiger partial charge in [0.1, 0.15) is 12.4 Å². The second-order valence-electron chi connectivity index (χ2n) is 4.40. The van der Waals surface area contributed by atoms with Crippen LogP contribution in [0.3, 0.4) is 0 Å². The largest absolute Gasteiger partial charge is 0.493 e. The molecule has 0 aliphatic heterocycles. The summed E-state index contributed by atoms with van der Waals surface area (Å²) in [5, 5.41) is 9.08. The van der Waals surface area contributed by atoms with Crippen molar-refractivity contribution in [2.45, 2.75) is 13.2 Å². The Morgan fingerprint density at radius 2 is 1.57 bits per heavy atom. The van der Waals surface area contributed by atoms with Crippen LogP contribution in [0.25, 0.3) is 0 Å². The van der Waals surface area contributed by atoms with Gasteiger partial charge in [-0.1, -0.05) is 12.1 Å². The number of hydrogen-bond donors (Lipinski definition) is 1. The fourth-order valence-electron chi connectivity index (χ4n) is 1.89. The summed E-state index contributed by atoms with van der Waals surface area (Å²) in [4.78, 5) is 0. The monoisotopic (exact) mass is 352 g/mol. The Morgan fingerprint density at radius 3 is 2.19 bits per heavy atom. The first-order valence-electron chi connectivity index (χ1n) is 6.41. The van der Waals surface area contributed by atoms with Gasteiger partial charge in [0.05, 0.1) is 25.3 Å². The summed E-state index contributed by atoms with van der Waals surface area (Å²) >= 11 is 3.43. The van der Waals surface area contributed by atoms with Gasteiger partial charge in [-0.05, 0) is 51.3 Å². The summed E-state index contributed by atoms with van der Waals surface area (Å²) in [6.45, 7) is 0.423. The second kappa shape index (κ2) is 7.33. The number of hydrogen-bond acceptors (Lipinski definition) is 4. The third-order valence-corrected chi connectivity index (χ3v) is 3.64. The summed E-state index contributed by atoms with van der Waals surface area (Å²) in [6, 6.07) is 11.2. The Kier molecular flexibility index (Phi) is 5.47. The molecule has 0 unspecified atom stereocenters. The number of aliphatic hydroxyl groups excluding tert-OH is 1. The number of methoxy groups -OCH3 is 2. The quantitative estimate of drug-likeness (QED) is 0.863. The minimum Gasteiger partial charge on any atom is -0.493 e. The molecule has 0 aliphatic carbocycles. The molecule has 0 amide bonds. The maximum Gasteiger partial charge on any atom is 0.161 e. The lowest BCUT2D eigenvalue weighted by molar-refractivity contribution is 0.280. The van der Waals surface area contributed by atoms with Gasteiger partial charge in [0.2, 0.25) is 0 Å². The Morgan fingerprint density at radius 1 is 0.905 bits per heavy atom. The molecule has 0 fully saturated rings. The molecule has 2 aromatic rings. The van der Waals surface area contributed by atoms with Crippen LogP contribution in [0.2, 0.25) is 0 Å². The molecular weight excluding hydrogens is 336 g/mol. The van der Waals surface area contributed by atoms with Crippen molar-refractivity contribution in [1.29, 1.82) is 0 Å². The predicted octanol–water partition coefficient (Wildman–Crippen LogP) is 3.54. The van der Waals surface area contributed by atoms with Crippen molar-refractivity contribution >= 4 is 15.9 Å². The molecule has 2 rings (SSSR count). The van der Waals surface area contributed by atoms with Crippen LogP contribution in [0.1, 0.15) is 11.1 Å². The first kappa shape index (κ1) is 15.7. The van der Waals surface area contributed by atoms with Crippen LogP contribution in [0, 0.1) is 0 Å². The number of rotatable bonds is 6. The van der Waals surface area contributed by atoms with Gasteiger partial charge in [0, 0.05) is 0 Å². The molecule has 4 nitrogen and oxygen atoms in total. The molecule has 0 saturated heterocycles. The van der Waals surface area contributed by atoms with Gasteiger partial charge >= 0.3 is 0 Å². The molecular formula is C16H17BrO4. The van der Waals surface area contributed by atoms with E-state index in [2.05, 4.69) is 15.9 Å². The van der Waals surface area contributed by atoms with Crippen molar-refractivity contribution in [3.05, 3.63) is 52.0 Å². The van der Waals surface area contributed by atoms with Gasteiger partial charge in [0.15, 0.2) is 11.5 Å². The molecule has 5 heteroatoms. The Bertz CT molecular complexity index is 613. The van der Waals surface area contributed by atoms with Crippen LogP contribution in [0.15, 0.2) is 40.9 Å². The van der Waals surface area contributed by atoms with Crippen molar-refractivity contribution < 1.29 is 19.3 Å². The van der Waals surface area contributed by atoms with Crippen LogP contribution in [0.5, 0.6) is 17.2 Å². The summed E-state index contributed by atoms with van der Waals surface area (Å²) in [5.41, 5.74) is 1.81. The molecule has 0 atom stereocenters. The number of ether oxygens (including phenoxy) is 3. The van der Waals surface area contributed by atoms with E-state index in [9.17, 15) is 0 Å². The highest BCUT2D eigenvalue weighted by Crippen LogP contribution is 2.30. The van der Waals surface area contributed by atoms with E-state index in [0.29, 0.717) is 18.1 Å². The van der Waals surface area contributed by atoms with E-state index in [1.54, 1.807) is 14.2 Å². The average molecular weight is 353 g/mol. The Balaban J connectivity index is 2.09. The molecule has 0 heterocycles. The fraction of sp³-hybridized carbons (Fsp3) is 0.250. The molecule has 0 aliphatic rings. The smallest absolute Gasteiger partial charge is 0.161 e. The van der Waals surface area contributed by atoms with Gasteiger partial charge in [-0.25, -0.2) is 0 Å². The van der Waals surface area contributed by atoms with E-state index in [-0.39, 0.29) is 6.61 Å². The number of benzene rings is 2. The standard InChI is InChI=1S/C16H17BrO4/c1-19-15-6-4-12(8-16(15)20-2)10-21-14-5-3-11(9-18)7-13(14)17/h3-8,18H,9-10H2,1-2H3. The lowest BCUT2D eigenvalue weighted by atomic mass is 10.2. The number of halogens is 1. The molecule has 0 spiro atoms. The summed E-state index contributed by atoms with van der Waals surface area (Å²) in [6.07, 6.45) is 0. The third-order valence-electron chi connectivity index (χ3n) is 3.02. The zero-order chi connectivity index (χ0) is 15.2. The second-order valence-corrected chi connectivity index (χ2v) is 5.26. The van der Waals surface area contributed by atoms with Crippen LogP contribution in [-0.2, 0) is 13.2 Å². The fourth-order valence-corrected chi connectivity index (χ4v) is 2.43. The van der Waals surface area contributed by atoms with E-state index in [0.717, 1.165) is 21.3 Å². The number of aliphatic hydroxyl groups is 1. The van der Waals surface area contributed by atoms with E-state index >= 15 is 0 Å². The van der Waals surface area contributed by atoms with Crippen molar-refractivity contribution in [1.82, 2.24) is 0 Å². The lowest BCUT2D eigenvalue weighted by Crippen LogP contribution is -1.98. The van der Waals surface area contributed by atoms with Crippen LogP contribution < -0.4 is 14.2 Å². The lowest BCUT2D eigenvalue weighted by Gasteiger charge is -2.12. The normalized spacial score (nSPS) is 10.3. The maximum absolute atomic E-state index is 9.08. The van der Waals surface area contributed by atoms with Gasteiger partial charge in [-0.15, -0.1) is 0 Å². The zero-order valence-electron chi connectivity index (χ0n) is 11.9. The summed E-state index contributed by atoms with van der Waals surface area (Å²) in [5.74, 6) is 2.09. The average Bonchev–Trinajstić information content (AvgIpc) is 2.53. The highest BCUT2D eigenvalue weighted by molar-refractivity contribution is 9.10. The van der Waals surface area contributed by atoms with Gasteiger partial charge < -0.3 is 19.3 Å². The Labute approximate surface area is 132 Å². The zero-order valence-corrected chi connectivity index (χ0v) is 13.5. The first-order valence-corrected chi connectivity index (χ1v) is 7.20. The topological polar surface area (TPSA) is 47.9 Å². The molecule has 21 heavy (non-hydrogen) atoms. The highest BCUT2D eigenvalue weighted by atomic mass is 79.9. The van der Waals surface area contributed by atoms with Gasteiger partial charge in [0.25, 0.3) is 0 Å². The molecule has 112 valence electrons. The molecule has 0 aromatic heterocycles. The molecule has 1 N–H and O–H groups in total. The Hall–Kier alpha value is -1.72. The van der Waals surface area contributed by atoms with Crippen LogP contribution in [0.4, 0.5) is 0 Å². The van der Waals surface area contributed by atoms with Crippen molar-refractivity contribution in [3.63, 3.8) is 0 Å². The van der Waals surface area contributed by atoms with E-state index in [1.165, 1.54) is 0 Å². The maximum atomic E-state index is 9.08. The van der Waals surface area contributed by atoms with Gasteiger partial charge in [-0.2, -0.15) is 0 Å². The third kappa shape index (κ3) is 3.89. The predicted molar refractivity (Wildman–Crippen MR) is 83.9 cm³/mol. The summed E-state index contributed by atoms with van der Waals surface area (Å²) in [7, 11) is 3.21. The van der Waals surface area contributed by atoms with Gasteiger partial charge in [-0.3, -0.25) is 0 Å². The highest BCUT2D eigenvalue weighted by Gasteiger charge is 2.07. The van der Waals surface area contributed by atoms with E-state index in [4.69, 9.17) is 19.3 Å². The van der Waals surface area contributed by atoms with Crippen molar-refractivity contribution in [2.75, 3.05) is 14.2 Å². The SMILES string of the molecule is COc1ccc(COc2ccc(CO)cc2Br)cc1OC. The molecule has 0 bridgehead atoms. The minimum atomic E-state index is 0.00849. The molecule has 2 aromatic carbocycles. The molecule has 0 radical (unpaired) electrons.